The second kappa shape index (κ2) is 10.0. The number of aliphatic imine (C=N–C) groups is 1. The van der Waals surface area contributed by atoms with E-state index in [1.165, 1.54) is 18.6 Å². The number of nitrogens with one attached hydrogen (secondary N) is 1. The molecule has 22 heavy (non-hydrogen) atoms. The van der Waals surface area contributed by atoms with Crippen LogP contribution in [0.4, 0.5) is 0 Å². The Morgan fingerprint density at radius 3 is 2.77 bits per heavy atom. The zero-order valence-corrected chi connectivity index (χ0v) is 16.1. The van der Waals surface area contributed by atoms with E-state index in [4.69, 9.17) is 15.2 Å². The number of hydrogen-bond acceptors (Lipinski definition) is 4. The second-order valence-corrected chi connectivity index (χ2v) is 6.31. The maximum atomic E-state index is 5.90. The van der Waals surface area contributed by atoms with Gasteiger partial charge in [0.15, 0.2) is 17.5 Å². The fourth-order valence-corrected chi connectivity index (χ4v) is 3.44. The molecule has 0 amide bonds. The Bertz CT molecular complexity index is 494. The van der Waals surface area contributed by atoms with Gasteiger partial charge in [-0.1, -0.05) is 6.07 Å². The van der Waals surface area contributed by atoms with Crippen molar-refractivity contribution in [2.45, 2.75) is 24.6 Å². The molecule has 0 aliphatic carbocycles. The normalized spacial score (nSPS) is 17.7. The van der Waals surface area contributed by atoms with Crippen LogP contribution < -0.4 is 20.5 Å². The summed E-state index contributed by atoms with van der Waals surface area (Å²) >= 11 is 2.00. The lowest BCUT2D eigenvalue weighted by Crippen LogP contribution is -2.35. The first-order valence-electron chi connectivity index (χ1n) is 7.09. The van der Waals surface area contributed by atoms with E-state index in [0.29, 0.717) is 23.5 Å². The van der Waals surface area contributed by atoms with E-state index in [2.05, 4.69) is 10.3 Å². The minimum Gasteiger partial charge on any atom is -0.493 e. The maximum absolute atomic E-state index is 5.90. The van der Waals surface area contributed by atoms with Gasteiger partial charge in [-0.3, -0.25) is 0 Å². The number of rotatable bonds is 6. The molecule has 0 radical (unpaired) electrons. The number of thioether (sulfide) groups is 1. The van der Waals surface area contributed by atoms with Crippen LogP contribution in [0, 0.1) is 0 Å². The minimum absolute atomic E-state index is 0. The number of nitrogens with zero attached hydrogens (tertiary/aromatic N) is 1. The summed E-state index contributed by atoms with van der Waals surface area (Å²) in [6.07, 6.45) is 2.57. The standard InChI is InChI=1S/C15H23N3O2S.HI/c1-19-13-6-5-11(8-14(13)20-2)9-17-15(16)18-10-12-4-3-7-21-12;/h5-6,8,12H,3-4,7,9-10H2,1-2H3,(H3,16,17,18);1H. The Labute approximate surface area is 153 Å². The van der Waals surface area contributed by atoms with Gasteiger partial charge in [0.2, 0.25) is 0 Å². The van der Waals surface area contributed by atoms with Gasteiger partial charge in [0.05, 0.1) is 20.8 Å². The number of benzene rings is 1. The quantitative estimate of drug-likeness (QED) is 0.407. The van der Waals surface area contributed by atoms with Crippen LogP contribution in [0.5, 0.6) is 11.5 Å². The molecule has 124 valence electrons. The SMILES string of the molecule is COc1ccc(CN=C(N)NCC2CCCS2)cc1OC.I. The fourth-order valence-electron chi connectivity index (χ4n) is 2.24. The summed E-state index contributed by atoms with van der Waals surface area (Å²) in [6, 6.07) is 5.76. The number of halogens is 1. The molecule has 5 nitrogen and oxygen atoms in total. The Morgan fingerprint density at radius 1 is 1.36 bits per heavy atom. The molecule has 1 aliphatic rings. The number of hydrogen-bond donors (Lipinski definition) is 2. The summed E-state index contributed by atoms with van der Waals surface area (Å²) in [7, 11) is 3.25. The lowest BCUT2D eigenvalue weighted by Gasteiger charge is -2.11. The molecule has 0 aromatic heterocycles. The van der Waals surface area contributed by atoms with Gasteiger partial charge in [-0.25, -0.2) is 4.99 Å². The molecule has 1 atom stereocenters. The molecule has 0 saturated carbocycles. The van der Waals surface area contributed by atoms with E-state index in [1.54, 1.807) is 14.2 Å². The first-order chi connectivity index (χ1) is 10.2. The molecule has 2 rings (SSSR count). The Balaban J connectivity index is 0.00000242. The van der Waals surface area contributed by atoms with Gasteiger partial charge in [-0.2, -0.15) is 11.8 Å². The van der Waals surface area contributed by atoms with Crippen LogP contribution >= 0.6 is 35.7 Å². The Kier molecular flexibility index (Phi) is 8.77. The summed E-state index contributed by atoms with van der Waals surface area (Å²) in [6.45, 7) is 1.42. The van der Waals surface area contributed by atoms with Crippen molar-refractivity contribution in [2.24, 2.45) is 10.7 Å². The molecule has 0 spiro atoms. The first-order valence-corrected chi connectivity index (χ1v) is 8.14. The van der Waals surface area contributed by atoms with Gasteiger partial charge < -0.3 is 20.5 Å². The van der Waals surface area contributed by atoms with Crippen molar-refractivity contribution < 1.29 is 9.47 Å². The van der Waals surface area contributed by atoms with Crippen molar-refractivity contribution in [3.05, 3.63) is 23.8 Å². The average molecular weight is 437 g/mol. The van der Waals surface area contributed by atoms with E-state index in [1.807, 2.05) is 30.0 Å². The molecule has 1 unspecified atom stereocenters. The van der Waals surface area contributed by atoms with Crippen molar-refractivity contribution in [1.82, 2.24) is 5.32 Å². The van der Waals surface area contributed by atoms with Crippen LogP contribution in [0.1, 0.15) is 18.4 Å². The van der Waals surface area contributed by atoms with Crippen molar-refractivity contribution in [3.8, 4) is 11.5 Å². The molecule has 1 aromatic carbocycles. The van der Waals surface area contributed by atoms with Gasteiger partial charge in [0.25, 0.3) is 0 Å². The van der Waals surface area contributed by atoms with E-state index >= 15 is 0 Å². The van der Waals surface area contributed by atoms with E-state index in [-0.39, 0.29) is 24.0 Å². The highest BCUT2D eigenvalue weighted by molar-refractivity contribution is 14.0. The topological polar surface area (TPSA) is 68.9 Å². The second-order valence-electron chi connectivity index (χ2n) is 4.91. The Morgan fingerprint density at radius 2 is 2.14 bits per heavy atom. The highest BCUT2D eigenvalue weighted by Gasteiger charge is 2.15. The lowest BCUT2D eigenvalue weighted by molar-refractivity contribution is 0.354. The summed E-state index contributed by atoms with van der Waals surface area (Å²) in [5.41, 5.74) is 6.93. The Hall–Kier alpha value is -0.830. The molecular formula is C15H24IN3O2S. The molecule has 1 aliphatic heterocycles. The molecule has 1 saturated heterocycles. The minimum atomic E-state index is 0. The molecule has 7 heteroatoms. The van der Waals surface area contributed by atoms with Gasteiger partial charge in [-0.05, 0) is 36.3 Å². The molecule has 1 fully saturated rings. The number of guanidine groups is 1. The maximum Gasteiger partial charge on any atom is 0.188 e. The van der Waals surface area contributed by atoms with Crippen LogP contribution in [0.3, 0.4) is 0 Å². The third-order valence-corrected chi connectivity index (χ3v) is 4.81. The largest absolute Gasteiger partial charge is 0.493 e. The van der Waals surface area contributed by atoms with Crippen LogP contribution in [0.2, 0.25) is 0 Å². The molecular weight excluding hydrogens is 413 g/mol. The van der Waals surface area contributed by atoms with Gasteiger partial charge in [0, 0.05) is 11.8 Å². The van der Waals surface area contributed by atoms with Crippen LogP contribution in [-0.4, -0.2) is 37.7 Å². The monoisotopic (exact) mass is 437 g/mol. The number of methoxy groups -OCH3 is 2. The number of ether oxygens (including phenoxy) is 2. The zero-order valence-electron chi connectivity index (χ0n) is 13.0. The predicted molar refractivity (Wildman–Crippen MR) is 104 cm³/mol. The van der Waals surface area contributed by atoms with Crippen molar-refractivity contribution in [1.29, 1.82) is 0 Å². The molecule has 3 N–H and O–H groups in total. The zero-order chi connectivity index (χ0) is 15.1. The summed E-state index contributed by atoms with van der Waals surface area (Å²) < 4.78 is 10.5. The van der Waals surface area contributed by atoms with E-state index < -0.39 is 0 Å². The summed E-state index contributed by atoms with van der Waals surface area (Å²) in [4.78, 5) is 4.36. The molecule has 1 heterocycles. The third kappa shape index (κ3) is 5.75. The first kappa shape index (κ1) is 19.2. The highest BCUT2D eigenvalue weighted by Crippen LogP contribution is 2.27. The van der Waals surface area contributed by atoms with Crippen molar-refractivity contribution >= 4 is 41.7 Å². The van der Waals surface area contributed by atoms with E-state index in [9.17, 15) is 0 Å². The fraction of sp³-hybridized carbons (Fsp3) is 0.533. The number of nitrogens with two attached hydrogens (primary N) is 1. The van der Waals surface area contributed by atoms with Gasteiger partial charge in [-0.15, -0.1) is 24.0 Å². The smallest absolute Gasteiger partial charge is 0.188 e. The van der Waals surface area contributed by atoms with Crippen LogP contribution in [-0.2, 0) is 6.54 Å². The van der Waals surface area contributed by atoms with Crippen LogP contribution in [0.15, 0.2) is 23.2 Å². The summed E-state index contributed by atoms with van der Waals surface area (Å²) in [5, 5.41) is 3.86. The van der Waals surface area contributed by atoms with Gasteiger partial charge >= 0.3 is 0 Å². The lowest BCUT2D eigenvalue weighted by atomic mass is 10.2. The van der Waals surface area contributed by atoms with Crippen LogP contribution in [0.25, 0.3) is 0 Å². The molecule has 0 bridgehead atoms. The third-order valence-electron chi connectivity index (χ3n) is 3.41. The average Bonchev–Trinajstić information content (AvgIpc) is 3.04. The predicted octanol–water partition coefficient (Wildman–Crippen LogP) is 2.62. The van der Waals surface area contributed by atoms with Gasteiger partial charge in [0.1, 0.15) is 0 Å². The van der Waals surface area contributed by atoms with Crippen molar-refractivity contribution in [3.63, 3.8) is 0 Å². The van der Waals surface area contributed by atoms with Crippen molar-refractivity contribution in [2.75, 3.05) is 26.5 Å². The molecule has 1 aromatic rings. The summed E-state index contributed by atoms with van der Waals surface area (Å²) in [5.74, 6) is 3.18. The highest BCUT2D eigenvalue weighted by atomic mass is 127. The van der Waals surface area contributed by atoms with E-state index in [0.717, 1.165) is 17.9 Å².